The predicted molar refractivity (Wildman–Crippen MR) is 107 cm³/mol. The van der Waals surface area contributed by atoms with E-state index in [0.717, 1.165) is 18.0 Å². The van der Waals surface area contributed by atoms with Crippen LogP contribution in [0.5, 0.6) is 0 Å². The highest BCUT2D eigenvalue weighted by Gasteiger charge is 2.41. The second kappa shape index (κ2) is 7.39. The summed E-state index contributed by atoms with van der Waals surface area (Å²) in [6.45, 7) is 2.04. The van der Waals surface area contributed by atoms with Crippen LogP contribution in [-0.2, 0) is 11.3 Å². The van der Waals surface area contributed by atoms with Crippen LogP contribution in [0.1, 0.15) is 34.1 Å². The second-order valence-corrected chi connectivity index (χ2v) is 6.78. The van der Waals surface area contributed by atoms with Gasteiger partial charge in [0.15, 0.2) is 0 Å². The van der Waals surface area contributed by atoms with Crippen molar-refractivity contribution in [3.63, 3.8) is 0 Å². The molecule has 3 aromatic rings. The number of anilines is 1. The van der Waals surface area contributed by atoms with E-state index in [1.165, 1.54) is 12.1 Å². The molecular formula is C20H17N5O5. The molecule has 4 rings (SSSR count). The Kier molecular flexibility index (Phi) is 4.74. The van der Waals surface area contributed by atoms with Crippen LogP contribution in [-0.4, -0.2) is 43.6 Å². The van der Waals surface area contributed by atoms with Gasteiger partial charge < -0.3 is 4.57 Å². The number of aryl methyl sites for hydroxylation is 1. The Labute approximate surface area is 170 Å². The Morgan fingerprint density at radius 3 is 2.63 bits per heavy atom. The molecule has 10 nitrogen and oxygen atoms in total. The molecule has 0 aliphatic carbocycles. The Bertz CT molecular complexity index is 1220. The van der Waals surface area contributed by atoms with Crippen LogP contribution < -0.4 is 5.32 Å². The Morgan fingerprint density at radius 2 is 1.90 bits per heavy atom. The minimum Gasteiger partial charge on any atom is -0.310 e. The van der Waals surface area contributed by atoms with Crippen molar-refractivity contribution in [1.29, 1.82) is 0 Å². The third kappa shape index (κ3) is 3.08. The number of carbonyl (C=O) groups excluding carboxylic acids is 3. The zero-order chi connectivity index (χ0) is 21.4. The van der Waals surface area contributed by atoms with Crippen LogP contribution in [0.4, 0.5) is 11.6 Å². The molecular weight excluding hydrogens is 390 g/mol. The van der Waals surface area contributed by atoms with E-state index < -0.39 is 34.9 Å². The van der Waals surface area contributed by atoms with E-state index in [2.05, 4.69) is 10.3 Å². The lowest BCUT2D eigenvalue weighted by atomic mass is 10.1. The second-order valence-electron chi connectivity index (χ2n) is 6.78. The number of benzene rings is 2. The molecule has 0 saturated heterocycles. The van der Waals surface area contributed by atoms with Crippen molar-refractivity contribution in [2.45, 2.75) is 19.9 Å². The summed E-state index contributed by atoms with van der Waals surface area (Å²) in [4.78, 5) is 53.4. The monoisotopic (exact) mass is 407 g/mol. The molecule has 0 saturated carbocycles. The average Bonchev–Trinajstić information content (AvgIpc) is 3.18. The molecule has 0 atom stereocenters. The molecule has 1 aliphatic rings. The standard InChI is InChI=1S/C20H17N5O5/c1-2-10-23-14-8-4-3-7-13(14)21-20(23)22-16(26)11-24-18(27)12-6-5-9-15(25(29)30)17(12)19(24)28/h3-9H,2,10-11H2,1H3,(H,21,22,26). The first-order chi connectivity index (χ1) is 14.4. The molecule has 3 amide bonds. The van der Waals surface area contributed by atoms with Gasteiger partial charge in [-0.3, -0.25) is 34.7 Å². The predicted octanol–water partition coefficient (Wildman–Crippen LogP) is 2.59. The minimum absolute atomic E-state index is 0.0831. The summed E-state index contributed by atoms with van der Waals surface area (Å²) in [5.74, 6) is -1.92. The summed E-state index contributed by atoms with van der Waals surface area (Å²) >= 11 is 0. The Morgan fingerprint density at radius 1 is 1.13 bits per heavy atom. The highest BCUT2D eigenvalue weighted by atomic mass is 16.6. The molecule has 0 unspecified atom stereocenters. The number of imidazole rings is 1. The van der Waals surface area contributed by atoms with E-state index in [4.69, 9.17) is 0 Å². The number of nitrogens with one attached hydrogen (secondary N) is 1. The number of nitrogens with zero attached hydrogens (tertiary/aromatic N) is 4. The van der Waals surface area contributed by atoms with E-state index in [-0.39, 0.29) is 11.1 Å². The lowest BCUT2D eigenvalue weighted by Gasteiger charge is -2.14. The van der Waals surface area contributed by atoms with Crippen LogP contribution in [0.3, 0.4) is 0 Å². The van der Waals surface area contributed by atoms with Crippen LogP contribution in [0, 0.1) is 10.1 Å². The topological polar surface area (TPSA) is 127 Å². The molecule has 30 heavy (non-hydrogen) atoms. The molecule has 1 N–H and O–H groups in total. The van der Waals surface area contributed by atoms with E-state index in [0.29, 0.717) is 22.9 Å². The van der Waals surface area contributed by atoms with E-state index in [1.807, 2.05) is 35.8 Å². The number of nitro groups is 1. The molecule has 2 aromatic carbocycles. The van der Waals surface area contributed by atoms with E-state index in [1.54, 1.807) is 0 Å². The number of amides is 3. The van der Waals surface area contributed by atoms with Gasteiger partial charge in [0, 0.05) is 12.6 Å². The molecule has 0 fully saturated rings. The first-order valence-electron chi connectivity index (χ1n) is 9.31. The highest BCUT2D eigenvalue weighted by molar-refractivity contribution is 6.24. The quantitative estimate of drug-likeness (QED) is 0.380. The molecule has 1 aromatic heterocycles. The summed E-state index contributed by atoms with van der Waals surface area (Å²) in [5.41, 5.74) is 0.723. The minimum atomic E-state index is -0.862. The van der Waals surface area contributed by atoms with Gasteiger partial charge in [0.25, 0.3) is 17.5 Å². The largest absolute Gasteiger partial charge is 0.310 e. The van der Waals surface area contributed by atoms with Crippen molar-refractivity contribution in [3.8, 4) is 0 Å². The molecule has 2 heterocycles. The van der Waals surface area contributed by atoms with Gasteiger partial charge in [-0.2, -0.15) is 0 Å². The van der Waals surface area contributed by atoms with Crippen molar-refractivity contribution in [2.75, 3.05) is 11.9 Å². The van der Waals surface area contributed by atoms with Gasteiger partial charge in [0.2, 0.25) is 11.9 Å². The SMILES string of the molecule is CCCn1c(NC(=O)CN2C(=O)c3cccc([N+](=O)[O-])c3C2=O)nc2ccccc21. The van der Waals surface area contributed by atoms with Crippen molar-refractivity contribution in [1.82, 2.24) is 14.5 Å². The fourth-order valence-corrected chi connectivity index (χ4v) is 3.54. The van der Waals surface area contributed by atoms with Gasteiger partial charge >= 0.3 is 0 Å². The molecule has 1 aliphatic heterocycles. The van der Waals surface area contributed by atoms with E-state index >= 15 is 0 Å². The van der Waals surface area contributed by atoms with Crippen LogP contribution >= 0.6 is 0 Å². The Hall–Kier alpha value is -4.08. The third-order valence-electron chi connectivity index (χ3n) is 4.83. The third-order valence-corrected chi connectivity index (χ3v) is 4.83. The van der Waals surface area contributed by atoms with Gasteiger partial charge in [-0.1, -0.05) is 25.1 Å². The van der Waals surface area contributed by atoms with Crippen LogP contribution in [0.15, 0.2) is 42.5 Å². The smallest absolute Gasteiger partial charge is 0.282 e. The van der Waals surface area contributed by atoms with Gasteiger partial charge in [0.05, 0.1) is 21.5 Å². The first-order valence-corrected chi connectivity index (χ1v) is 9.31. The number of aromatic nitrogens is 2. The zero-order valence-electron chi connectivity index (χ0n) is 16.0. The normalized spacial score (nSPS) is 13.0. The molecule has 152 valence electrons. The van der Waals surface area contributed by atoms with Crippen molar-refractivity contribution in [2.24, 2.45) is 0 Å². The Balaban J connectivity index is 1.58. The van der Waals surface area contributed by atoms with Crippen molar-refractivity contribution >= 4 is 40.4 Å². The number of para-hydroxylation sites is 2. The summed E-state index contributed by atoms with van der Waals surface area (Å²) in [7, 11) is 0. The van der Waals surface area contributed by atoms with Crippen molar-refractivity contribution in [3.05, 3.63) is 63.7 Å². The zero-order valence-corrected chi connectivity index (χ0v) is 16.0. The summed E-state index contributed by atoms with van der Waals surface area (Å²) in [6, 6.07) is 11.2. The van der Waals surface area contributed by atoms with Gasteiger partial charge in [-0.15, -0.1) is 0 Å². The molecule has 0 radical (unpaired) electrons. The maximum atomic E-state index is 12.6. The van der Waals surface area contributed by atoms with Crippen molar-refractivity contribution < 1.29 is 19.3 Å². The molecule has 0 spiro atoms. The number of carbonyl (C=O) groups is 3. The maximum absolute atomic E-state index is 12.6. The number of fused-ring (bicyclic) bond motifs is 2. The lowest BCUT2D eigenvalue weighted by Crippen LogP contribution is -2.37. The fourth-order valence-electron chi connectivity index (χ4n) is 3.54. The van der Waals surface area contributed by atoms with Gasteiger partial charge in [-0.25, -0.2) is 4.98 Å². The highest BCUT2D eigenvalue weighted by Crippen LogP contribution is 2.30. The van der Waals surface area contributed by atoms with Gasteiger partial charge in [0.1, 0.15) is 12.1 Å². The number of hydrogen-bond acceptors (Lipinski definition) is 6. The number of nitro benzene ring substituents is 1. The number of imide groups is 1. The molecule has 0 bridgehead atoms. The summed E-state index contributed by atoms with van der Waals surface area (Å²) in [6.07, 6.45) is 0.811. The average molecular weight is 407 g/mol. The van der Waals surface area contributed by atoms with Gasteiger partial charge in [-0.05, 0) is 24.6 Å². The maximum Gasteiger partial charge on any atom is 0.282 e. The number of rotatable bonds is 6. The summed E-state index contributed by atoms with van der Waals surface area (Å²) < 4.78 is 1.85. The first kappa shape index (κ1) is 19.2. The van der Waals surface area contributed by atoms with Crippen LogP contribution in [0.2, 0.25) is 0 Å². The van der Waals surface area contributed by atoms with E-state index in [9.17, 15) is 24.5 Å². The molecule has 10 heteroatoms. The van der Waals surface area contributed by atoms with Crippen LogP contribution in [0.25, 0.3) is 11.0 Å². The number of hydrogen-bond donors (Lipinski definition) is 1. The lowest BCUT2D eigenvalue weighted by molar-refractivity contribution is -0.385. The summed E-state index contributed by atoms with van der Waals surface area (Å²) in [5, 5.41) is 13.9. The fraction of sp³-hybridized carbons (Fsp3) is 0.200.